The second-order valence-electron chi connectivity index (χ2n) is 6.78. The van der Waals surface area contributed by atoms with Gasteiger partial charge in [-0.05, 0) is 49.5 Å². The topological polar surface area (TPSA) is 90.8 Å². The third-order valence-corrected chi connectivity index (χ3v) is 6.26. The molecule has 5 rings (SSSR count). The maximum atomic E-state index is 11.7. The van der Waals surface area contributed by atoms with Crippen molar-refractivity contribution in [3.05, 3.63) is 11.3 Å². The Morgan fingerprint density at radius 2 is 2.05 bits per heavy atom. The number of thioether (sulfide) groups is 1. The number of hydrogen-bond acceptors (Lipinski definition) is 5. The van der Waals surface area contributed by atoms with Gasteiger partial charge in [0.2, 0.25) is 5.91 Å². The van der Waals surface area contributed by atoms with E-state index in [0.717, 1.165) is 11.8 Å². The Balaban J connectivity index is 1.45. The van der Waals surface area contributed by atoms with Crippen LogP contribution < -0.4 is 10.7 Å². The monoisotopic (exact) mass is 321 g/mol. The summed E-state index contributed by atoms with van der Waals surface area (Å²) in [4.78, 5) is 22.4. The molecule has 4 bridgehead atoms. The molecule has 1 heterocycles. The van der Waals surface area contributed by atoms with Crippen molar-refractivity contribution in [2.75, 3.05) is 0 Å². The van der Waals surface area contributed by atoms with Crippen LogP contribution in [0.25, 0.3) is 0 Å². The molecule has 0 radical (unpaired) electrons. The molecule has 3 N–H and O–H groups in total. The second-order valence-corrected chi connectivity index (χ2v) is 7.98. The minimum absolute atomic E-state index is 0.171. The standard InChI is InChI=1S/C15H19N3O3S/c19-12(20)6-11-14(21)16-15(22-11)18-17-13-9-2-7-1-8(4-9)5-10(13)3-7/h7-9,11,17H,1-6H2,(H,19,20)(H,16,18,21). The number of rotatable bonds is 4. The predicted octanol–water partition coefficient (Wildman–Crippen LogP) is 1.65. The first-order valence-electron chi connectivity index (χ1n) is 7.83. The van der Waals surface area contributed by atoms with Crippen molar-refractivity contribution in [1.29, 1.82) is 0 Å². The van der Waals surface area contributed by atoms with Crippen LogP contribution in [0.2, 0.25) is 0 Å². The van der Waals surface area contributed by atoms with E-state index >= 15 is 0 Å². The van der Waals surface area contributed by atoms with Crippen molar-refractivity contribution in [3.8, 4) is 0 Å². The van der Waals surface area contributed by atoms with Gasteiger partial charge in [-0.2, -0.15) is 5.10 Å². The maximum Gasteiger partial charge on any atom is 0.305 e. The first-order chi connectivity index (χ1) is 10.6. The van der Waals surface area contributed by atoms with Gasteiger partial charge in [-0.1, -0.05) is 11.8 Å². The van der Waals surface area contributed by atoms with Crippen LogP contribution in [-0.2, 0) is 9.59 Å². The average molecular weight is 321 g/mol. The number of carboxylic acid groups (broad SMARTS) is 1. The van der Waals surface area contributed by atoms with E-state index in [1.807, 2.05) is 0 Å². The number of hydrazone groups is 1. The number of aliphatic carboxylic acids is 1. The third kappa shape index (κ3) is 2.51. The molecule has 1 saturated heterocycles. The van der Waals surface area contributed by atoms with E-state index in [9.17, 15) is 9.59 Å². The van der Waals surface area contributed by atoms with Crippen molar-refractivity contribution >= 4 is 28.8 Å². The second kappa shape index (κ2) is 5.30. The Kier molecular flexibility index (Phi) is 3.40. The van der Waals surface area contributed by atoms with Gasteiger partial charge in [0.05, 0.1) is 6.42 Å². The van der Waals surface area contributed by atoms with Crippen molar-refractivity contribution in [3.63, 3.8) is 0 Å². The highest BCUT2D eigenvalue weighted by molar-refractivity contribution is 8.15. The van der Waals surface area contributed by atoms with Crippen LogP contribution >= 0.6 is 11.8 Å². The first-order valence-corrected chi connectivity index (χ1v) is 8.71. The van der Waals surface area contributed by atoms with E-state index in [-0.39, 0.29) is 12.3 Å². The number of carboxylic acids is 1. The summed E-state index contributed by atoms with van der Waals surface area (Å²) in [5.41, 5.74) is 5.96. The van der Waals surface area contributed by atoms with Crippen molar-refractivity contribution in [2.24, 2.45) is 22.9 Å². The molecule has 1 aliphatic heterocycles. The summed E-state index contributed by atoms with van der Waals surface area (Å²) in [6.07, 6.45) is 6.13. The first kappa shape index (κ1) is 14.1. The summed E-state index contributed by atoms with van der Waals surface area (Å²) in [7, 11) is 0. The Labute approximate surface area is 132 Å². The van der Waals surface area contributed by atoms with Crippen molar-refractivity contribution in [2.45, 2.75) is 43.8 Å². The quantitative estimate of drug-likeness (QED) is 0.685. The van der Waals surface area contributed by atoms with Gasteiger partial charge in [0.25, 0.3) is 0 Å². The number of nitrogens with one attached hydrogen (secondary N) is 2. The van der Waals surface area contributed by atoms with Gasteiger partial charge < -0.3 is 10.4 Å². The van der Waals surface area contributed by atoms with Crippen molar-refractivity contribution < 1.29 is 14.7 Å². The molecule has 5 aliphatic rings. The molecule has 7 heteroatoms. The highest BCUT2D eigenvalue weighted by Gasteiger charge is 2.42. The molecule has 2 saturated carbocycles. The average Bonchev–Trinajstić information content (AvgIpc) is 2.77. The molecule has 0 spiro atoms. The molecule has 22 heavy (non-hydrogen) atoms. The van der Waals surface area contributed by atoms with Crippen LogP contribution in [0.5, 0.6) is 0 Å². The summed E-state index contributed by atoms with van der Waals surface area (Å²) >= 11 is 1.20. The molecule has 3 unspecified atom stereocenters. The number of hydrogen-bond donors (Lipinski definition) is 3. The number of amidine groups is 1. The Morgan fingerprint density at radius 1 is 1.32 bits per heavy atom. The largest absolute Gasteiger partial charge is 0.481 e. The van der Waals surface area contributed by atoms with E-state index in [2.05, 4.69) is 15.8 Å². The zero-order valence-electron chi connectivity index (χ0n) is 12.2. The van der Waals surface area contributed by atoms with Gasteiger partial charge in [-0.25, -0.2) is 0 Å². The Bertz CT molecular complexity index is 585. The van der Waals surface area contributed by atoms with Crippen LogP contribution in [0.15, 0.2) is 16.4 Å². The van der Waals surface area contributed by atoms with Gasteiger partial charge in [0.15, 0.2) is 5.17 Å². The fourth-order valence-electron chi connectivity index (χ4n) is 4.45. The summed E-state index contributed by atoms with van der Waals surface area (Å²) in [6, 6.07) is 0. The zero-order chi connectivity index (χ0) is 15.3. The normalized spacial score (nSPS) is 37.8. The molecule has 3 atom stereocenters. The molecule has 3 fully saturated rings. The molecular weight excluding hydrogens is 302 g/mol. The summed E-state index contributed by atoms with van der Waals surface area (Å²) in [6.45, 7) is 0. The van der Waals surface area contributed by atoms with Crippen LogP contribution in [0, 0.1) is 17.8 Å². The van der Waals surface area contributed by atoms with Crippen LogP contribution in [-0.4, -0.2) is 27.4 Å². The molecule has 6 nitrogen and oxygen atoms in total. The van der Waals surface area contributed by atoms with E-state index in [0.29, 0.717) is 11.1 Å². The van der Waals surface area contributed by atoms with E-state index in [4.69, 9.17) is 5.11 Å². The third-order valence-electron chi connectivity index (χ3n) is 5.18. The number of amides is 1. The summed E-state index contributed by atoms with van der Waals surface area (Å²) in [5, 5.41) is 15.7. The minimum Gasteiger partial charge on any atom is -0.481 e. The maximum absolute atomic E-state index is 11.7. The Morgan fingerprint density at radius 3 is 2.68 bits per heavy atom. The molecule has 1 amide bonds. The molecular formula is C15H19N3O3S. The lowest BCUT2D eigenvalue weighted by atomic mass is 9.60. The molecule has 118 valence electrons. The van der Waals surface area contributed by atoms with Crippen molar-refractivity contribution in [1.82, 2.24) is 10.7 Å². The smallest absolute Gasteiger partial charge is 0.305 e. The van der Waals surface area contributed by atoms with Gasteiger partial charge in [-0.3, -0.25) is 15.0 Å². The van der Waals surface area contributed by atoms with E-state index in [1.165, 1.54) is 55.1 Å². The van der Waals surface area contributed by atoms with Crippen LogP contribution in [0.3, 0.4) is 0 Å². The zero-order valence-corrected chi connectivity index (χ0v) is 13.0. The van der Waals surface area contributed by atoms with Gasteiger partial charge in [0, 0.05) is 11.6 Å². The minimum atomic E-state index is -0.965. The number of allylic oxidation sites excluding steroid dienone is 2. The summed E-state index contributed by atoms with van der Waals surface area (Å²) < 4.78 is 0. The lowest BCUT2D eigenvalue weighted by Gasteiger charge is -2.47. The lowest BCUT2D eigenvalue weighted by molar-refractivity contribution is -0.138. The van der Waals surface area contributed by atoms with Gasteiger partial charge >= 0.3 is 5.97 Å². The molecule has 0 aromatic carbocycles. The van der Waals surface area contributed by atoms with Gasteiger partial charge in [-0.15, -0.1) is 0 Å². The number of carbonyl (C=O) groups excluding carboxylic acids is 1. The van der Waals surface area contributed by atoms with E-state index < -0.39 is 11.2 Å². The van der Waals surface area contributed by atoms with Crippen LogP contribution in [0.1, 0.15) is 38.5 Å². The van der Waals surface area contributed by atoms with Crippen LogP contribution in [0.4, 0.5) is 0 Å². The summed E-state index contributed by atoms with van der Waals surface area (Å²) in [5.74, 6) is 1.10. The molecule has 0 aromatic rings. The van der Waals surface area contributed by atoms with E-state index in [1.54, 1.807) is 0 Å². The lowest BCUT2D eigenvalue weighted by Crippen LogP contribution is -2.38. The fourth-order valence-corrected chi connectivity index (χ4v) is 5.37. The highest BCUT2D eigenvalue weighted by atomic mass is 32.2. The van der Waals surface area contributed by atoms with Gasteiger partial charge in [0.1, 0.15) is 5.25 Å². The fraction of sp³-hybridized carbons (Fsp3) is 0.667. The highest BCUT2D eigenvalue weighted by Crippen LogP contribution is 2.52. The molecule has 0 aromatic heterocycles. The SMILES string of the molecule is O=C(O)CC1S/C(=N/NC2=C3CC4CC(C3)CC2C4)NC1=O. The Hall–Kier alpha value is -1.50. The number of carbonyl (C=O) groups is 2. The molecule has 4 aliphatic carbocycles. The number of nitrogens with zero attached hydrogens (tertiary/aromatic N) is 1. The predicted molar refractivity (Wildman–Crippen MR) is 82.9 cm³/mol.